The van der Waals surface area contributed by atoms with E-state index in [1.807, 2.05) is 13.1 Å². The highest BCUT2D eigenvalue weighted by Gasteiger charge is 2.22. The number of nitrogens with one attached hydrogen (secondary N) is 1. The standard InChI is InChI=1S/C19H28N2O2/c1-3-22-19-18(14(2)10-12-21-19)15-6-8-17(9-7-15)23-13-16-5-4-11-20-16/h6,10,12,16-17,20H,3-5,7-9,11,13H2,1-2H3. The van der Waals surface area contributed by atoms with Crippen molar-refractivity contribution in [3.05, 3.63) is 29.5 Å². The van der Waals surface area contributed by atoms with E-state index in [2.05, 4.69) is 29.4 Å². The Kier molecular flexibility index (Phi) is 5.68. The lowest BCUT2D eigenvalue weighted by Crippen LogP contribution is -2.30. The van der Waals surface area contributed by atoms with Crippen molar-refractivity contribution >= 4 is 5.57 Å². The Balaban J connectivity index is 1.62. The second-order valence-electron chi connectivity index (χ2n) is 6.49. The number of nitrogens with zero attached hydrogens (tertiary/aromatic N) is 1. The topological polar surface area (TPSA) is 43.4 Å². The van der Waals surface area contributed by atoms with Crippen LogP contribution in [0, 0.1) is 6.92 Å². The summed E-state index contributed by atoms with van der Waals surface area (Å²) >= 11 is 0. The third kappa shape index (κ3) is 4.12. The van der Waals surface area contributed by atoms with E-state index in [-0.39, 0.29) is 0 Å². The number of pyridine rings is 1. The highest BCUT2D eigenvalue weighted by atomic mass is 16.5. The molecule has 23 heavy (non-hydrogen) atoms. The van der Waals surface area contributed by atoms with Crippen molar-refractivity contribution in [3.8, 4) is 5.88 Å². The van der Waals surface area contributed by atoms with Crippen LogP contribution in [-0.4, -0.2) is 36.9 Å². The molecule has 2 atom stereocenters. The van der Waals surface area contributed by atoms with Crippen molar-refractivity contribution in [1.29, 1.82) is 0 Å². The molecular formula is C19H28N2O2. The lowest BCUT2D eigenvalue weighted by molar-refractivity contribution is 0.0367. The summed E-state index contributed by atoms with van der Waals surface area (Å²) < 4.78 is 11.8. The molecule has 1 aliphatic carbocycles. The van der Waals surface area contributed by atoms with Gasteiger partial charge in [0.2, 0.25) is 5.88 Å². The fourth-order valence-electron chi connectivity index (χ4n) is 3.51. The van der Waals surface area contributed by atoms with Crippen LogP contribution in [-0.2, 0) is 4.74 Å². The van der Waals surface area contributed by atoms with E-state index in [1.165, 1.54) is 29.5 Å². The number of aryl methyl sites for hydroxylation is 1. The summed E-state index contributed by atoms with van der Waals surface area (Å²) in [7, 11) is 0. The molecule has 0 radical (unpaired) electrons. The van der Waals surface area contributed by atoms with Crippen molar-refractivity contribution in [1.82, 2.24) is 10.3 Å². The Morgan fingerprint density at radius 1 is 1.35 bits per heavy atom. The second-order valence-corrected chi connectivity index (χ2v) is 6.49. The zero-order valence-electron chi connectivity index (χ0n) is 14.3. The van der Waals surface area contributed by atoms with Gasteiger partial charge in [-0.1, -0.05) is 6.08 Å². The van der Waals surface area contributed by atoms with E-state index in [0.29, 0.717) is 18.8 Å². The minimum absolute atomic E-state index is 0.355. The molecule has 1 saturated heterocycles. The van der Waals surface area contributed by atoms with Gasteiger partial charge in [-0.2, -0.15) is 0 Å². The normalized spacial score (nSPS) is 24.5. The van der Waals surface area contributed by atoms with Crippen LogP contribution >= 0.6 is 0 Å². The van der Waals surface area contributed by atoms with Crippen LogP contribution in [0.3, 0.4) is 0 Å². The largest absolute Gasteiger partial charge is 0.478 e. The van der Waals surface area contributed by atoms with E-state index in [0.717, 1.165) is 38.3 Å². The summed E-state index contributed by atoms with van der Waals surface area (Å²) in [6.07, 6.45) is 10.1. The van der Waals surface area contributed by atoms with Crippen LogP contribution in [0.25, 0.3) is 5.57 Å². The van der Waals surface area contributed by atoms with Gasteiger partial charge in [-0.05, 0) is 69.7 Å². The molecule has 4 heteroatoms. The van der Waals surface area contributed by atoms with Crippen molar-refractivity contribution < 1.29 is 9.47 Å². The van der Waals surface area contributed by atoms with Crippen LogP contribution in [0.15, 0.2) is 18.3 Å². The average Bonchev–Trinajstić information content (AvgIpc) is 3.08. The Bertz CT molecular complexity index is 550. The molecule has 2 unspecified atom stereocenters. The third-order valence-corrected chi connectivity index (χ3v) is 4.78. The number of allylic oxidation sites excluding steroid dienone is 1. The maximum absolute atomic E-state index is 6.11. The van der Waals surface area contributed by atoms with Gasteiger partial charge >= 0.3 is 0 Å². The minimum Gasteiger partial charge on any atom is -0.478 e. The van der Waals surface area contributed by atoms with Gasteiger partial charge in [0.1, 0.15) is 0 Å². The molecule has 2 heterocycles. The maximum atomic E-state index is 6.11. The lowest BCUT2D eigenvalue weighted by atomic mass is 9.90. The van der Waals surface area contributed by atoms with Gasteiger partial charge in [0, 0.05) is 17.8 Å². The first-order valence-electron chi connectivity index (χ1n) is 8.90. The molecule has 1 fully saturated rings. The van der Waals surface area contributed by atoms with Gasteiger partial charge in [-0.15, -0.1) is 0 Å². The van der Waals surface area contributed by atoms with Gasteiger partial charge in [-0.25, -0.2) is 4.98 Å². The molecule has 1 N–H and O–H groups in total. The molecule has 126 valence electrons. The van der Waals surface area contributed by atoms with E-state index >= 15 is 0 Å². The fraction of sp³-hybridized carbons (Fsp3) is 0.632. The van der Waals surface area contributed by atoms with Crippen molar-refractivity contribution in [2.45, 2.75) is 58.1 Å². The molecule has 4 nitrogen and oxygen atoms in total. The Morgan fingerprint density at radius 3 is 2.96 bits per heavy atom. The number of hydrogen-bond donors (Lipinski definition) is 1. The van der Waals surface area contributed by atoms with Crippen molar-refractivity contribution in [2.24, 2.45) is 0 Å². The quantitative estimate of drug-likeness (QED) is 0.872. The van der Waals surface area contributed by atoms with Crippen LogP contribution in [0.4, 0.5) is 0 Å². The SMILES string of the molecule is CCOc1nccc(C)c1C1=CCC(OCC2CCCN2)CC1. The highest BCUT2D eigenvalue weighted by Crippen LogP contribution is 2.34. The Hall–Kier alpha value is -1.39. The zero-order chi connectivity index (χ0) is 16.1. The van der Waals surface area contributed by atoms with Gasteiger partial charge in [0.15, 0.2) is 0 Å². The molecule has 2 aliphatic rings. The molecule has 0 bridgehead atoms. The minimum atomic E-state index is 0.355. The summed E-state index contributed by atoms with van der Waals surface area (Å²) in [5.41, 5.74) is 3.78. The predicted octanol–water partition coefficient (Wildman–Crippen LogP) is 3.49. The smallest absolute Gasteiger partial charge is 0.221 e. The maximum Gasteiger partial charge on any atom is 0.221 e. The molecule has 3 rings (SSSR count). The molecule has 0 saturated carbocycles. The third-order valence-electron chi connectivity index (χ3n) is 4.78. The lowest BCUT2D eigenvalue weighted by Gasteiger charge is -2.25. The summed E-state index contributed by atoms with van der Waals surface area (Å²) in [6, 6.07) is 2.62. The molecule has 0 spiro atoms. The molecular weight excluding hydrogens is 288 g/mol. The summed E-state index contributed by atoms with van der Waals surface area (Å²) in [5, 5.41) is 3.49. The van der Waals surface area contributed by atoms with Gasteiger partial charge < -0.3 is 14.8 Å². The monoisotopic (exact) mass is 316 g/mol. The molecule has 1 aromatic heterocycles. The summed E-state index contributed by atoms with van der Waals surface area (Å²) in [6.45, 7) is 6.78. The van der Waals surface area contributed by atoms with Gasteiger partial charge in [0.05, 0.1) is 19.3 Å². The van der Waals surface area contributed by atoms with Gasteiger partial charge in [-0.3, -0.25) is 0 Å². The fourth-order valence-corrected chi connectivity index (χ4v) is 3.51. The average molecular weight is 316 g/mol. The van der Waals surface area contributed by atoms with E-state index in [9.17, 15) is 0 Å². The summed E-state index contributed by atoms with van der Waals surface area (Å²) in [5.74, 6) is 0.772. The molecule has 0 aromatic carbocycles. The predicted molar refractivity (Wildman–Crippen MR) is 92.7 cm³/mol. The first kappa shape index (κ1) is 16.5. The van der Waals surface area contributed by atoms with Gasteiger partial charge in [0.25, 0.3) is 0 Å². The first-order valence-corrected chi connectivity index (χ1v) is 8.90. The van der Waals surface area contributed by atoms with Crippen LogP contribution in [0.2, 0.25) is 0 Å². The van der Waals surface area contributed by atoms with Crippen LogP contribution < -0.4 is 10.1 Å². The highest BCUT2D eigenvalue weighted by molar-refractivity contribution is 5.72. The Labute approximate surface area is 139 Å². The molecule has 1 aliphatic heterocycles. The Morgan fingerprint density at radius 2 is 2.26 bits per heavy atom. The number of ether oxygens (including phenoxy) is 2. The molecule has 0 amide bonds. The number of aromatic nitrogens is 1. The number of rotatable bonds is 6. The van der Waals surface area contributed by atoms with E-state index < -0.39 is 0 Å². The van der Waals surface area contributed by atoms with Crippen LogP contribution in [0.5, 0.6) is 5.88 Å². The van der Waals surface area contributed by atoms with Crippen LogP contribution in [0.1, 0.15) is 50.2 Å². The molecule has 1 aromatic rings. The summed E-state index contributed by atoms with van der Waals surface area (Å²) in [4.78, 5) is 4.41. The van der Waals surface area contributed by atoms with Crippen molar-refractivity contribution in [3.63, 3.8) is 0 Å². The number of hydrogen-bond acceptors (Lipinski definition) is 4. The zero-order valence-corrected chi connectivity index (χ0v) is 14.3. The first-order chi connectivity index (χ1) is 11.3. The van der Waals surface area contributed by atoms with Crippen molar-refractivity contribution in [2.75, 3.05) is 19.8 Å². The van der Waals surface area contributed by atoms with E-state index in [4.69, 9.17) is 9.47 Å². The van der Waals surface area contributed by atoms with E-state index in [1.54, 1.807) is 0 Å². The second kappa shape index (κ2) is 7.93.